The zero-order chi connectivity index (χ0) is 21.5. The van der Waals surface area contributed by atoms with Crippen molar-refractivity contribution in [1.29, 1.82) is 0 Å². The molecule has 6 heteroatoms. The van der Waals surface area contributed by atoms with Crippen LogP contribution in [0.25, 0.3) is 11.1 Å². The average molecular weight is 407 g/mol. The van der Waals surface area contributed by atoms with Crippen LogP contribution < -0.4 is 5.46 Å². The standard InChI is InChI=1S/C24H34BN3O2/c1-23(2)24(3,4)30-25(29-23)21-13-20(14-26-15-21)19-9-7-18(8-10-19)16-28-12-11-22(17-28)27(5)6/h7-10,13-15,22H,11-12,16-17H2,1-6H3. The van der Waals surface area contributed by atoms with Crippen LogP contribution in [0.1, 0.15) is 39.7 Å². The van der Waals surface area contributed by atoms with Gasteiger partial charge >= 0.3 is 7.12 Å². The maximum absolute atomic E-state index is 6.19. The number of pyridine rings is 1. The third-order valence-corrected chi connectivity index (χ3v) is 6.96. The summed E-state index contributed by atoms with van der Waals surface area (Å²) in [5.41, 5.74) is 3.86. The minimum atomic E-state index is -0.387. The lowest BCUT2D eigenvalue weighted by Crippen LogP contribution is -2.41. The summed E-state index contributed by atoms with van der Waals surface area (Å²) in [4.78, 5) is 9.34. The molecule has 2 aliphatic rings. The van der Waals surface area contributed by atoms with Crippen molar-refractivity contribution in [1.82, 2.24) is 14.8 Å². The van der Waals surface area contributed by atoms with E-state index in [0.717, 1.165) is 29.7 Å². The van der Waals surface area contributed by atoms with Gasteiger partial charge in [-0.1, -0.05) is 30.3 Å². The van der Waals surface area contributed by atoms with Crippen LogP contribution >= 0.6 is 0 Å². The highest BCUT2D eigenvalue weighted by Crippen LogP contribution is 2.36. The first-order valence-corrected chi connectivity index (χ1v) is 10.9. The predicted molar refractivity (Wildman–Crippen MR) is 123 cm³/mol. The Balaban J connectivity index is 1.45. The van der Waals surface area contributed by atoms with Crippen molar-refractivity contribution < 1.29 is 9.31 Å². The van der Waals surface area contributed by atoms with Gasteiger partial charge in [-0.05, 0) is 64.9 Å². The molecule has 2 aliphatic heterocycles. The lowest BCUT2D eigenvalue weighted by Gasteiger charge is -2.32. The highest BCUT2D eigenvalue weighted by Gasteiger charge is 2.51. The number of likely N-dealkylation sites (N-methyl/N-ethyl adjacent to an activating group) is 1. The Kier molecular flexibility index (Phi) is 5.79. The lowest BCUT2D eigenvalue weighted by molar-refractivity contribution is 0.00578. The Bertz CT molecular complexity index is 866. The second kappa shape index (κ2) is 8.08. The lowest BCUT2D eigenvalue weighted by atomic mass is 9.79. The van der Waals surface area contributed by atoms with Gasteiger partial charge in [0.2, 0.25) is 0 Å². The smallest absolute Gasteiger partial charge is 0.399 e. The number of benzene rings is 1. The first-order chi connectivity index (χ1) is 14.1. The molecule has 1 aromatic carbocycles. The minimum absolute atomic E-state index is 0.351. The van der Waals surface area contributed by atoms with Crippen molar-refractivity contribution in [3.8, 4) is 11.1 Å². The molecule has 0 amide bonds. The molecular weight excluding hydrogens is 373 g/mol. The fourth-order valence-electron chi connectivity index (χ4n) is 4.16. The summed E-state index contributed by atoms with van der Waals surface area (Å²) in [6.07, 6.45) is 5.00. The van der Waals surface area contributed by atoms with E-state index >= 15 is 0 Å². The van der Waals surface area contributed by atoms with E-state index in [9.17, 15) is 0 Å². The Morgan fingerprint density at radius 2 is 1.70 bits per heavy atom. The second-order valence-corrected chi connectivity index (χ2v) is 9.93. The summed E-state index contributed by atoms with van der Waals surface area (Å²) in [5.74, 6) is 0. The zero-order valence-corrected chi connectivity index (χ0v) is 19.2. The normalized spacial score (nSPS) is 23.4. The van der Waals surface area contributed by atoms with Crippen LogP contribution in [0.15, 0.2) is 42.7 Å². The van der Waals surface area contributed by atoms with E-state index in [1.807, 2.05) is 12.4 Å². The largest absolute Gasteiger partial charge is 0.496 e. The van der Waals surface area contributed by atoms with E-state index in [0.29, 0.717) is 6.04 Å². The molecule has 0 saturated carbocycles. The van der Waals surface area contributed by atoms with Gasteiger partial charge in [0.15, 0.2) is 0 Å². The third kappa shape index (κ3) is 4.33. The van der Waals surface area contributed by atoms with Gasteiger partial charge in [-0.15, -0.1) is 0 Å². The van der Waals surface area contributed by atoms with Crippen molar-refractivity contribution in [3.63, 3.8) is 0 Å². The van der Waals surface area contributed by atoms with Gasteiger partial charge in [0, 0.05) is 43.5 Å². The van der Waals surface area contributed by atoms with E-state index in [1.54, 1.807) is 0 Å². The van der Waals surface area contributed by atoms with Crippen molar-refractivity contribution in [2.45, 2.75) is 57.9 Å². The van der Waals surface area contributed by atoms with Crippen LogP contribution in [-0.4, -0.2) is 66.3 Å². The molecule has 30 heavy (non-hydrogen) atoms. The van der Waals surface area contributed by atoms with Gasteiger partial charge in [-0.2, -0.15) is 0 Å². The van der Waals surface area contributed by atoms with Crippen molar-refractivity contribution >= 4 is 12.6 Å². The number of hydrogen-bond donors (Lipinski definition) is 0. The maximum atomic E-state index is 6.19. The van der Waals surface area contributed by atoms with E-state index in [4.69, 9.17) is 9.31 Å². The van der Waals surface area contributed by atoms with Crippen LogP contribution in [0, 0.1) is 0 Å². The first-order valence-electron chi connectivity index (χ1n) is 10.9. The minimum Gasteiger partial charge on any atom is -0.399 e. The number of rotatable bonds is 5. The van der Waals surface area contributed by atoms with Crippen molar-refractivity contribution in [3.05, 3.63) is 48.3 Å². The maximum Gasteiger partial charge on any atom is 0.496 e. The molecule has 0 spiro atoms. The summed E-state index contributed by atoms with van der Waals surface area (Å²) in [5, 5.41) is 0. The number of nitrogens with zero attached hydrogens (tertiary/aromatic N) is 3. The summed E-state index contributed by atoms with van der Waals surface area (Å²) >= 11 is 0. The molecule has 1 atom stereocenters. The molecule has 4 rings (SSSR count). The summed E-state index contributed by atoms with van der Waals surface area (Å²) in [6, 6.07) is 11.7. The number of likely N-dealkylation sites (tertiary alicyclic amines) is 1. The molecule has 0 radical (unpaired) electrons. The van der Waals surface area contributed by atoms with E-state index in [1.165, 1.54) is 18.5 Å². The fourth-order valence-corrected chi connectivity index (χ4v) is 4.16. The Labute approximate surface area is 181 Å². The number of hydrogen-bond acceptors (Lipinski definition) is 5. The average Bonchev–Trinajstić information content (AvgIpc) is 3.24. The molecule has 2 saturated heterocycles. The summed E-state index contributed by atoms with van der Waals surface area (Å²) in [7, 11) is 3.96. The Morgan fingerprint density at radius 1 is 1.03 bits per heavy atom. The molecule has 2 aromatic rings. The fraction of sp³-hybridized carbons (Fsp3) is 0.542. The molecule has 1 aromatic heterocycles. The van der Waals surface area contributed by atoms with Gasteiger partial charge < -0.3 is 14.2 Å². The topological polar surface area (TPSA) is 37.8 Å². The van der Waals surface area contributed by atoms with Gasteiger partial charge in [0.05, 0.1) is 11.2 Å². The predicted octanol–water partition coefficient (Wildman–Crippen LogP) is 3.18. The molecular formula is C24H34BN3O2. The molecule has 0 N–H and O–H groups in total. The van der Waals surface area contributed by atoms with E-state index < -0.39 is 0 Å². The first kappa shape index (κ1) is 21.5. The summed E-state index contributed by atoms with van der Waals surface area (Å²) in [6.45, 7) is 11.6. The quantitative estimate of drug-likeness (QED) is 0.712. The molecule has 2 fully saturated rings. The second-order valence-electron chi connectivity index (χ2n) is 9.93. The van der Waals surface area contributed by atoms with Crippen LogP contribution in [0.5, 0.6) is 0 Å². The monoisotopic (exact) mass is 407 g/mol. The molecule has 160 valence electrons. The highest BCUT2D eigenvalue weighted by molar-refractivity contribution is 6.62. The van der Waals surface area contributed by atoms with Gasteiger partial charge in [-0.3, -0.25) is 9.88 Å². The number of aromatic nitrogens is 1. The SMILES string of the molecule is CN(C)C1CCN(Cc2ccc(-c3cncc(B4OC(C)(C)C(C)(C)O4)c3)cc2)C1. The highest BCUT2D eigenvalue weighted by atomic mass is 16.7. The van der Waals surface area contributed by atoms with Crippen LogP contribution in [0.3, 0.4) is 0 Å². The van der Waals surface area contributed by atoms with Crippen LogP contribution in [-0.2, 0) is 15.9 Å². The van der Waals surface area contributed by atoms with Gasteiger partial charge in [-0.25, -0.2) is 0 Å². The van der Waals surface area contributed by atoms with Crippen molar-refractivity contribution in [2.24, 2.45) is 0 Å². The molecule has 0 aliphatic carbocycles. The van der Waals surface area contributed by atoms with Gasteiger partial charge in [0.1, 0.15) is 0 Å². The van der Waals surface area contributed by atoms with E-state index in [-0.39, 0.29) is 18.3 Å². The Morgan fingerprint density at radius 3 is 2.30 bits per heavy atom. The van der Waals surface area contributed by atoms with E-state index in [2.05, 4.69) is 86.9 Å². The van der Waals surface area contributed by atoms with Crippen LogP contribution in [0.2, 0.25) is 0 Å². The molecule has 5 nitrogen and oxygen atoms in total. The third-order valence-electron chi connectivity index (χ3n) is 6.96. The molecule has 1 unspecified atom stereocenters. The van der Waals surface area contributed by atoms with Crippen LogP contribution in [0.4, 0.5) is 0 Å². The summed E-state index contributed by atoms with van der Waals surface area (Å²) < 4.78 is 12.4. The molecule has 3 heterocycles. The zero-order valence-electron chi connectivity index (χ0n) is 19.2. The van der Waals surface area contributed by atoms with Crippen molar-refractivity contribution in [2.75, 3.05) is 27.2 Å². The molecule has 0 bridgehead atoms. The Hall–Kier alpha value is -1.73. The van der Waals surface area contributed by atoms with Gasteiger partial charge in [0.25, 0.3) is 0 Å².